The number of benzene rings is 1. The van der Waals surface area contributed by atoms with Gasteiger partial charge in [0.2, 0.25) is 0 Å². The van der Waals surface area contributed by atoms with Crippen LogP contribution in [0.3, 0.4) is 0 Å². The van der Waals surface area contributed by atoms with Gasteiger partial charge in [0.25, 0.3) is 0 Å². The topological polar surface area (TPSA) is 17.1 Å². The number of Topliss-reactive ketones (excluding diaryl/α,β-unsaturated/α-hetero) is 1. The third kappa shape index (κ3) is 3.83. The summed E-state index contributed by atoms with van der Waals surface area (Å²) in [6.45, 7) is 5.36. The molecule has 5 heteroatoms. The summed E-state index contributed by atoms with van der Waals surface area (Å²) in [6, 6.07) is 3.35. The van der Waals surface area contributed by atoms with Crippen molar-refractivity contribution in [3.63, 3.8) is 0 Å². The van der Waals surface area contributed by atoms with E-state index in [-0.39, 0.29) is 12.2 Å². The second-order valence-electron chi connectivity index (χ2n) is 5.15. The van der Waals surface area contributed by atoms with E-state index in [9.17, 15) is 18.0 Å². The van der Waals surface area contributed by atoms with E-state index >= 15 is 0 Å². The number of ketones is 1. The van der Waals surface area contributed by atoms with Crippen LogP contribution in [0.2, 0.25) is 0 Å². The maximum absolute atomic E-state index is 12.5. The highest BCUT2D eigenvalue weighted by molar-refractivity contribution is 9.10. The van der Waals surface area contributed by atoms with Gasteiger partial charge in [0.05, 0.1) is 5.56 Å². The highest BCUT2D eigenvalue weighted by Gasteiger charge is 2.31. The average molecular weight is 323 g/mol. The molecule has 0 atom stereocenters. The summed E-state index contributed by atoms with van der Waals surface area (Å²) in [5.41, 5.74) is -0.647. The van der Waals surface area contributed by atoms with Gasteiger partial charge in [-0.25, -0.2) is 0 Å². The van der Waals surface area contributed by atoms with Gasteiger partial charge in [-0.1, -0.05) is 42.8 Å². The van der Waals surface area contributed by atoms with Crippen LogP contribution in [0, 0.1) is 5.41 Å². The largest absolute Gasteiger partial charge is 0.416 e. The molecular formula is C13H14BrF3O. The van der Waals surface area contributed by atoms with Gasteiger partial charge in [0, 0.05) is 16.3 Å². The Morgan fingerprint density at radius 1 is 1.22 bits per heavy atom. The van der Waals surface area contributed by atoms with Gasteiger partial charge in [-0.05, 0) is 17.7 Å². The first-order valence-electron chi connectivity index (χ1n) is 5.41. The van der Waals surface area contributed by atoms with E-state index < -0.39 is 17.2 Å². The van der Waals surface area contributed by atoms with Crippen LogP contribution in [0.25, 0.3) is 0 Å². The maximum atomic E-state index is 12.5. The lowest BCUT2D eigenvalue weighted by molar-refractivity contribution is -0.137. The summed E-state index contributed by atoms with van der Waals surface area (Å²) < 4.78 is 37.7. The molecule has 1 aromatic rings. The number of hydrogen-bond acceptors (Lipinski definition) is 1. The molecular weight excluding hydrogens is 309 g/mol. The molecule has 0 aliphatic carbocycles. The van der Waals surface area contributed by atoms with Gasteiger partial charge in [-0.3, -0.25) is 4.79 Å². The van der Waals surface area contributed by atoms with Crippen LogP contribution in [-0.4, -0.2) is 5.78 Å². The normalized spacial score (nSPS) is 12.6. The molecule has 0 unspecified atom stereocenters. The monoisotopic (exact) mass is 322 g/mol. The van der Waals surface area contributed by atoms with Crippen molar-refractivity contribution in [2.75, 3.05) is 0 Å². The molecule has 0 N–H and O–H groups in total. The molecule has 0 aliphatic heterocycles. The summed E-state index contributed by atoms with van der Waals surface area (Å²) in [7, 11) is 0. The molecule has 0 amide bonds. The molecule has 0 aliphatic rings. The summed E-state index contributed by atoms with van der Waals surface area (Å²) in [5.74, 6) is -0.0111. The molecule has 1 rings (SSSR count). The van der Waals surface area contributed by atoms with Crippen molar-refractivity contribution in [2.24, 2.45) is 5.41 Å². The quantitative estimate of drug-likeness (QED) is 0.776. The molecule has 0 bridgehead atoms. The standard InChI is InChI=1S/C13H14BrF3O/c1-12(2,3)11(18)6-8-4-5-9(7-10(8)14)13(15,16)17/h4-5,7H,6H2,1-3H3. The molecule has 100 valence electrons. The second-order valence-corrected chi connectivity index (χ2v) is 6.01. The Balaban J connectivity index is 2.98. The van der Waals surface area contributed by atoms with Gasteiger partial charge >= 0.3 is 6.18 Å². The number of alkyl halides is 3. The predicted octanol–water partition coefficient (Wildman–Crippen LogP) is 4.63. The molecule has 0 saturated heterocycles. The van der Waals surface area contributed by atoms with Crippen molar-refractivity contribution in [3.05, 3.63) is 33.8 Å². The summed E-state index contributed by atoms with van der Waals surface area (Å²) >= 11 is 3.08. The first kappa shape index (κ1) is 15.2. The lowest BCUT2D eigenvalue weighted by Gasteiger charge is -2.17. The van der Waals surface area contributed by atoms with Gasteiger partial charge in [-0.2, -0.15) is 13.2 Å². The van der Waals surface area contributed by atoms with Gasteiger partial charge in [0.1, 0.15) is 5.78 Å². The van der Waals surface area contributed by atoms with Crippen LogP contribution in [0.4, 0.5) is 13.2 Å². The minimum atomic E-state index is -4.37. The number of hydrogen-bond donors (Lipinski definition) is 0. The zero-order valence-electron chi connectivity index (χ0n) is 10.4. The maximum Gasteiger partial charge on any atom is 0.416 e. The van der Waals surface area contributed by atoms with E-state index in [1.165, 1.54) is 6.07 Å². The zero-order chi connectivity index (χ0) is 14.1. The van der Waals surface area contributed by atoms with Crippen LogP contribution in [0.1, 0.15) is 31.9 Å². The first-order valence-corrected chi connectivity index (χ1v) is 6.20. The minimum Gasteiger partial charge on any atom is -0.299 e. The molecule has 18 heavy (non-hydrogen) atoms. The van der Waals surface area contributed by atoms with Crippen molar-refractivity contribution in [3.8, 4) is 0 Å². The van der Waals surface area contributed by atoms with Crippen molar-refractivity contribution in [2.45, 2.75) is 33.4 Å². The Morgan fingerprint density at radius 2 is 1.78 bits per heavy atom. The fraction of sp³-hybridized carbons (Fsp3) is 0.462. The second kappa shape index (κ2) is 5.03. The van der Waals surface area contributed by atoms with E-state index in [1.54, 1.807) is 20.8 Å². The predicted molar refractivity (Wildman–Crippen MR) is 67.3 cm³/mol. The van der Waals surface area contributed by atoms with Crippen LogP contribution in [0.15, 0.2) is 22.7 Å². The highest BCUT2D eigenvalue weighted by Crippen LogP contribution is 2.32. The molecule has 1 nitrogen and oxygen atoms in total. The molecule has 1 aromatic carbocycles. The van der Waals surface area contributed by atoms with Crippen molar-refractivity contribution in [1.29, 1.82) is 0 Å². The van der Waals surface area contributed by atoms with E-state index in [2.05, 4.69) is 15.9 Å². The lowest BCUT2D eigenvalue weighted by atomic mass is 9.87. The minimum absolute atomic E-state index is 0.0111. The zero-order valence-corrected chi connectivity index (χ0v) is 11.9. The Hall–Kier alpha value is -0.840. The van der Waals surface area contributed by atoms with Crippen molar-refractivity contribution >= 4 is 21.7 Å². The van der Waals surface area contributed by atoms with E-state index in [0.29, 0.717) is 10.0 Å². The first-order chi connectivity index (χ1) is 8.01. The third-order valence-electron chi connectivity index (χ3n) is 2.57. The van der Waals surface area contributed by atoms with Gasteiger partial charge in [0.15, 0.2) is 0 Å². The van der Waals surface area contributed by atoms with Gasteiger partial charge < -0.3 is 0 Å². The van der Waals surface area contributed by atoms with Crippen LogP contribution < -0.4 is 0 Å². The average Bonchev–Trinajstić information content (AvgIpc) is 2.17. The summed E-state index contributed by atoms with van der Waals surface area (Å²) in [5, 5.41) is 0. The number of rotatable bonds is 2. The van der Waals surface area contributed by atoms with Crippen molar-refractivity contribution < 1.29 is 18.0 Å². The SMILES string of the molecule is CC(C)(C)C(=O)Cc1ccc(C(F)(F)F)cc1Br. The van der Waals surface area contributed by atoms with E-state index in [4.69, 9.17) is 0 Å². The fourth-order valence-electron chi connectivity index (χ4n) is 1.31. The number of carbonyl (C=O) groups is 1. The van der Waals surface area contributed by atoms with Crippen LogP contribution in [-0.2, 0) is 17.4 Å². The van der Waals surface area contributed by atoms with Gasteiger partial charge in [-0.15, -0.1) is 0 Å². The van der Waals surface area contributed by atoms with E-state index in [0.717, 1.165) is 12.1 Å². The van der Waals surface area contributed by atoms with E-state index in [1.807, 2.05) is 0 Å². The lowest BCUT2D eigenvalue weighted by Crippen LogP contribution is -2.22. The molecule has 0 saturated carbocycles. The van der Waals surface area contributed by atoms with Crippen LogP contribution in [0.5, 0.6) is 0 Å². The highest BCUT2D eigenvalue weighted by atomic mass is 79.9. The van der Waals surface area contributed by atoms with Crippen molar-refractivity contribution in [1.82, 2.24) is 0 Å². The Morgan fingerprint density at radius 3 is 2.17 bits per heavy atom. The van der Waals surface area contributed by atoms with Crippen LogP contribution >= 0.6 is 15.9 Å². The fourth-order valence-corrected chi connectivity index (χ4v) is 1.82. The summed E-state index contributed by atoms with van der Waals surface area (Å²) in [4.78, 5) is 11.8. The third-order valence-corrected chi connectivity index (χ3v) is 3.31. The molecule has 0 heterocycles. The molecule has 0 spiro atoms. The Bertz CT molecular complexity index is 458. The Kier molecular flexibility index (Phi) is 4.26. The number of carbonyl (C=O) groups excluding carboxylic acids is 1. The Labute approximate surface area is 113 Å². The molecule has 0 radical (unpaired) electrons. The molecule has 0 aromatic heterocycles. The summed E-state index contributed by atoms with van der Waals surface area (Å²) in [6.07, 6.45) is -4.24. The smallest absolute Gasteiger partial charge is 0.299 e. The number of halogens is 4. The molecule has 0 fully saturated rings.